The molecular formula is C9H15N5O. The number of carbonyl (C=O) groups is 1. The van der Waals surface area contributed by atoms with E-state index in [1.807, 2.05) is 0 Å². The van der Waals surface area contributed by atoms with Gasteiger partial charge in [-0.3, -0.25) is 9.89 Å². The normalized spacial score (nSPS) is 25.4. The lowest BCUT2D eigenvalue weighted by Crippen LogP contribution is -2.30. The van der Waals surface area contributed by atoms with Crippen molar-refractivity contribution in [3.8, 4) is 0 Å². The summed E-state index contributed by atoms with van der Waals surface area (Å²) in [4.78, 5) is 15.6. The Balaban J connectivity index is 1.78. The van der Waals surface area contributed by atoms with Crippen molar-refractivity contribution in [3.05, 3.63) is 12.2 Å². The molecule has 1 heterocycles. The molecule has 0 saturated heterocycles. The van der Waals surface area contributed by atoms with Gasteiger partial charge in [-0.05, 0) is 19.3 Å². The highest BCUT2D eigenvalue weighted by Gasteiger charge is 2.27. The summed E-state index contributed by atoms with van der Waals surface area (Å²) in [5, 5.41) is 9.21. The second-order valence-corrected chi connectivity index (χ2v) is 3.92. The van der Waals surface area contributed by atoms with Gasteiger partial charge in [0.15, 0.2) is 0 Å². The zero-order chi connectivity index (χ0) is 10.7. The number of hydrogen-bond donors (Lipinski definition) is 3. The zero-order valence-corrected chi connectivity index (χ0v) is 8.44. The number of hydrogen-bond acceptors (Lipinski definition) is 4. The second-order valence-electron chi connectivity index (χ2n) is 3.92. The van der Waals surface area contributed by atoms with Crippen molar-refractivity contribution in [3.63, 3.8) is 0 Å². The van der Waals surface area contributed by atoms with Crippen LogP contribution in [0.2, 0.25) is 0 Å². The fourth-order valence-corrected chi connectivity index (χ4v) is 1.89. The fraction of sp³-hybridized carbons (Fsp3) is 0.667. The Morgan fingerprint density at radius 3 is 3.13 bits per heavy atom. The Morgan fingerprint density at radius 1 is 1.67 bits per heavy atom. The monoisotopic (exact) mass is 209 g/mol. The number of nitrogens with one attached hydrogen (secondary N) is 2. The van der Waals surface area contributed by atoms with Gasteiger partial charge in [-0.2, -0.15) is 5.10 Å². The summed E-state index contributed by atoms with van der Waals surface area (Å²) in [6.45, 7) is 0.407. The Morgan fingerprint density at radius 2 is 2.53 bits per heavy atom. The predicted octanol–water partition coefficient (Wildman–Crippen LogP) is -0.452. The van der Waals surface area contributed by atoms with Crippen LogP contribution in [0.3, 0.4) is 0 Å². The number of carbonyl (C=O) groups excluding carboxylic acids is 1. The molecule has 2 rings (SSSR count). The molecule has 6 heteroatoms. The van der Waals surface area contributed by atoms with Crippen LogP contribution < -0.4 is 11.1 Å². The van der Waals surface area contributed by atoms with Gasteiger partial charge in [0.05, 0.1) is 6.54 Å². The minimum absolute atomic E-state index is 0.0688. The Hall–Kier alpha value is -1.43. The van der Waals surface area contributed by atoms with E-state index in [-0.39, 0.29) is 17.9 Å². The highest BCUT2D eigenvalue weighted by atomic mass is 16.1. The van der Waals surface area contributed by atoms with Crippen molar-refractivity contribution < 1.29 is 4.79 Å². The highest BCUT2D eigenvalue weighted by Crippen LogP contribution is 2.23. The van der Waals surface area contributed by atoms with E-state index in [2.05, 4.69) is 20.5 Å². The highest BCUT2D eigenvalue weighted by molar-refractivity contribution is 5.78. The van der Waals surface area contributed by atoms with Gasteiger partial charge in [0.25, 0.3) is 0 Å². The van der Waals surface area contributed by atoms with Gasteiger partial charge in [-0.1, -0.05) is 0 Å². The average molecular weight is 209 g/mol. The van der Waals surface area contributed by atoms with Crippen LogP contribution in [-0.2, 0) is 11.3 Å². The van der Waals surface area contributed by atoms with Gasteiger partial charge in [0.2, 0.25) is 5.91 Å². The molecule has 6 nitrogen and oxygen atoms in total. The first kappa shape index (κ1) is 10.1. The number of amides is 1. The number of nitrogens with zero attached hydrogens (tertiary/aromatic N) is 2. The van der Waals surface area contributed by atoms with Crippen LogP contribution in [-0.4, -0.2) is 27.1 Å². The Kier molecular flexibility index (Phi) is 2.96. The Labute approximate surface area is 87.6 Å². The molecule has 2 atom stereocenters. The van der Waals surface area contributed by atoms with Gasteiger partial charge in [-0.15, -0.1) is 0 Å². The first-order valence-electron chi connectivity index (χ1n) is 5.13. The lowest BCUT2D eigenvalue weighted by molar-refractivity contribution is -0.125. The molecule has 1 amide bonds. The number of nitrogens with two attached hydrogens (primary N) is 1. The SMILES string of the molecule is NC1CCC(C(=O)NCc2ncn[nH]2)C1. The number of rotatable bonds is 3. The topological polar surface area (TPSA) is 96.7 Å². The van der Waals surface area contributed by atoms with Crippen LogP contribution in [0.25, 0.3) is 0 Å². The van der Waals surface area contributed by atoms with Crippen LogP contribution in [0.4, 0.5) is 0 Å². The predicted molar refractivity (Wildman–Crippen MR) is 53.5 cm³/mol. The average Bonchev–Trinajstić information content (AvgIpc) is 2.84. The van der Waals surface area contributed by atoms with Crippen molar-refractivity contribution in [1.82, 2.24) is 20.5 Å². The summed E-state index contributed by atoms with van der Waals surface area (Å²) in [6, 6.07) is 0.186. The van der Waals surface area contributed by atoms with E-state index in [0.717, 1.165) is 19.3 Å². The molecular weight excluding hydrogens is 194 g/mol. The van der Waals surface area contributed by atoms with Crippen molar-refractivity contribution in [2.75, 3.05) is 0 Å². The fourth-order valence-electron chi connectivity index (χ4n) is 1.89. The quantitative estimate of drug-likeness (QED) is 0.628. The van der Waals surface area contributed by atoms with E-state index in [4.69, 9.17) is 5.73 Å². The van der Waals surface area contributed by atoms with E-state index in [0.29, 0.717) is 12.4 Å². The standard InChI is InChI=1S/C9H15N5O/c10-7-2-1-6(3-7)9(15)11-4-8-12-5-13-14-8/h5-7H,1-4,10H2,(H,11,15)(H,12,13,14). The smallest absolute Gasteiger partial charge is 0.223 e. The summed E-state index contributed by atoms with van der Waals surface area (Å²) in [5.41, 5.74) is 5.75. The van der Waals surface area contributed by atoms with Crippen molar-refractivity contribution in [2.24, 2.45) is 11.7 Å². The molecule has 2 unspecified atom stereocenters. The third-order valence-corrected chi connectivity index (χ3v) is 2.74. The first-order chi connectivity index (χ1) is 7.25. The summed E-state index contributed by atoms with van der Waals surface area (Å²) in [6.07, 6.45) is 4.05. The maximum atomic E-state index is 11.7. The van der Waals surface area contributed by atoms with E-state index < -0.39 is 0 Å². The van der Waals surface area contributed by atoms with Crippen molar-refractivity contribution in [2.45, 2.75) is 31.8 Å². The van der Waals surface area contributed by atoms with Gasteiger partial charge < -0.3 is 11.1 Å². The molecule has 0 aromatic carbocycles. The summed E-state index contributed by atoms with van der Waals surface area (Å²) in [7, 11) is 0. The summed E-state index contributed by atoms with van der Waals surface area (Å²) in [5.74, 6) is 0.813. The largest absolute Gasteiger partial charge is 0.349 e. The molecule has 4 N–H and O–H groups in total. The molecule has 15 heavy (non-hydrogen) atoms. The van der Waals surface area contributed by atoms with Crippen LogP contribution in [0.5, 0.6) is 0 Å². The minimum Gasteiger partial charge on any atom is -0.349 e. The summed E-state index contributed by atoms with van der Waals surface area (Å²) < 4.78 is 0. The summed E-state index contributed by atoms with van der Waals surface area (Å²) >= 11 is 0. The lowest BCUT2D eigenvalue weighted by Gasteiger charge is -2.09. The third kappa shape index (κ3) is 2.53. The molecule has 0 spiro atoms. The van der Waals surface area contributed by atoms with Crippen LogP contribution in [0, 0.1) is 5.92 Å². The molecule has 1 aliphatic rings. The van der Waals surface area contributed by atoms with Crippen LogP contribution in [0.15, 0.2) is 6.33 Å². The molecule has 1 aromatic rings. The molecule has 82 valence electrons. The molecule has 0 aliphatic heterocycles. The van der Waals surface area contributed by atoms with Gasteiger partial charge >= 0.3 is 0 Å². The van der Waals surface area contributed by atoms with Crippen LogP contribution in [0.1, 0.15) is 25.1 Å². The molecule has 1 aromatic heterocycles. The second kappa shape index (κ2) is 4.39. The van der Waals surface area contributed by atoms with Gasteiger partial charge in [0, 0.05) is 12.0 Å². The minimum atomic E-state index is 0.0688. The first-order valence-corrected chi connectivity index (χ1v) is 5.13. The molecule has 0 radical (unpaired) electrons. The number of aromatic nitrogens is 3. The zero-order valence-electron chi connectivity index (χ0n) is 8.44. The van der Waals surface area contributed by atoms with Gasteiger partial charge in [0.1, 0.15) is 12.2 Å². The maximum Gasteiger partial charge on any atom is 0.223 e. The van der Waals surface area contributed by atoms with Crippen LogP contribution >= 0.6 is 0 Å². The van der Waals surface area contributed by atoms with E-state index >= 15 is 0 Å². The number of H-pyrrole nitrogens is 1. The third-order valence-electron chi connectivity index (χ3n) is 2.74. The Bertz CT molecular complexity index is 323. The number of aromatic amines is 1. The maximum absolute atomic E-state index is 11.7. The van der Waals surface area contributed by atoms with Crippen molar-refractivity contribution >= 4 is 5.91 Å². The van der Waals surface area contributed by atoms with E-state index in [9.17, 15) is 4.79 Å². The van der Waals surface area contributed by atoms with Crippen molar-refractivity contribution in [1.29, 1.82) is 0 Å². The molecule has 1 saturated carbocycles. The van der Waals surface area contributed by atoms with E-state index in [1.165, 1.54) is 6.33 Å². The molecule has 1 fully saturated rings. The lowest BCUT2D eigenvalue weighted by atomic mass is 10.1. The van der Waals surface area contributed by atoms with Gasteiger partial charge in [-0.25, -0.2) is 4.98 Å². The molecule has 0 bridgehead atoms. The van der Waals surface area contributed by atoms with E-state index in [1.54, 1.807) is 0 Å². The molecule has 1 aliphatic carbocycles.